The first-order valence-electron chi connectivity index (χ1n) is 8.18. The van der Waals surface area contributed by atoms with Crippen LogP contribution in [0.3, 0.4) is 0 Å². The molecule has 0 aromatic heterocycles. The van der Waals surface area contributed by atoms with Crippen molar-refractivity contribution in [3.05, 3.63) is 47.5 Å². The number of fused-ring (bicyclic) bond motifs is 1. The number of carbonyl (C=O) groups is 4. The molecule has 0 saturated carbocycles. The SMILES string of the molecule is C=CCOC(=O)NCCNC(=O)c1ccc2c(c1)C(=O)N(C(C)C)C2=O. The van der Waals surface area contributed by atoms with Crippen LogP contribution in [0.4, 0.5) is 4.79 Å². The zero-order valence-corrected chi connectivity index (χ0v) is 14.7. The van der Waals surface area contributed by atoms with Gasteiger partial charge in [-0.05, 0) is 32.0 Å². The van der Waals surface area contributed by atoms with Gasteiger partial charge < -0.3 is 15.4 Å². The van der Waals surface area contributed by atoms with Crippen LogP contribution in [0.1, 0.15) is 44.9 Å². The Kier molecular flexibility index (Phi) is 6.11. The number of carbonyl (C=O) groups excluding carboxylic acids is 4. The van der Waals surface area contributed by atoms with E-state index in [4.69, 9.17) is 4.74 Å². The van der Waals surface area contributed by atoms with Crippen LogP contribution in [-0.4, -0.2) is 54.5 Å². The molecule has 1 heterocycles. The van der Waals surface area contributed by atoms with Gasteiger partial charge in [-0.25, -0.2) is 4.79 Å². The maximum Gasteiger partial charge on any atom is 0.407 e. The summed E-state index contributed by atoms with van der Waals surface area (Å²) in [5, 5.41) is 5.09. The van der Waals surface area contributed by atoms with Gasteiger partial charge in [0.1, 0.15) is 6.61 Å². The van der Waals surface area contributed by atoms with Crippen molar-refractivity contribution in [2.75, 3.05) is 19.7 Å². The molecule has 0 atom stereocenters. The van der Waals surface area contributed by atoms with E-state index < -0.39 is 17.9 Å². The number of imide groups is 1. The molecule has 0 fully saturated rings. The van der Waals surface area contributed by atoms with Gasteiger partial charge >= 0.3 is 6.09 Å². The number of hydrogen-bond acceptors (Lipinski definition) is 5. The van der Waals surface area contributed by atoms with E-state index in [1.54, 1.807) is 13.8 Å². The van der Waals surface area contributed by atoms with E-state index in [-0.39, 0.29) is 42.8 Å². The minimum atomic E-state index is -0.602. The third-order valence-corrected chi connectivity index (χ3v) is 3.71. The second-order valence-electron chi connectivity index (χ2n) is 5.90. The highest BCUT2D eigenvalue weighted by Crippen LogP contribution is 2.25. The first kappa shape index (κ1) is 19.2. The van der Waals surface area contributed by atoms with Crippen molar-refractivity contribution in [3.63, 3.8) is 0 Å². The van der Waals surface area contributed by atoms with Gasteiger partial charge in [-0.3, -0.25) is 19.3 Å². The molecule has 1 aromatic carbocycles. The van der Waals surface area contributed by atoms with Gasteiger partial charge in [-0.15, -0.1) is 0 Å². The van der Waals surface area contributed by atoms with Crippen LogP contribution in [-0.2, 0) is 4.74 Å². The second-order valence-corrected chi connectivity index (χ2v) is 5.90. The van der Waals surface area contributed by atoms with Gasteiger partial charge in [0.25, 0.3) is 17.7 Å². The molecular weight excluding hydrogens is 338 g/mol. The lowest BCUT2D eigenvalue weighted by Crippen LogP contribution is -2.36. The van der Waals surface area contributed by atoms with Crippen molar-refractivity contribution < 1.29 is 23.9 Å². The zero-order chi connectivity index (χ0) is 19.3. The van der Waals surface area contributed by atoms with E-state index in [2.05, 4.69) is 17.2 Å². The average Bonchev–Trinajstić information content (AvgIpc) is 2.87. The van der Waals surface area contributed by atoms with Gasteiger partial charge in [0.15, 0.2) is 0 Å². The summed E-state index contributed by atoms with van der Waals surface area (Å²) in [6.45, 7) is 7.40. The lowest BCUT2D eigenvalue weighted by atomic mass is 10.1. The Morgan fingerprint density at radius 2 is 1.81 bits per heavy atom. The van der Waals surface area contributed by atoms with Crippen LogP contribution < -0.4 is 10.6 Å². The second kappa shape index (κ2) is 8.28. The van der Waals surface area contributed by atoms with Gasteiger partial charge in [-0.2, -0.15) is 0 Å². The maximum atomic E-state index is 12.4. The zero-order valence-electron chi connectivity index (χ0n) is 14.7. The summed E-state index contributed by atoms with van der Waals surface area (Å²) in [6, 6.07) is 4.14. The Balaban J connectivity index is 1.94. The quantitative estimate of drug-likeness (QED) is 0.434. The van der Waals surface area contributed by atoms with Crippen LogP contribution in [0.2, 0.25) is 0 Å². The summed E-state index contributed by atoms with van der Waals surface area (Å²) in [4.78, 5) is 49.2. The first-order valence-corrected chi connectivity index (χ1v) is 8.18. The van der Waals surface area contributed by atoms with Crippen molar-refractivity contribution in [1.29, 1.82) is 0 Å². The van der Waals surface area contributed by atoms with Crippen LogP contribution in [0, 0.1) is 0 Å². The van der Waals surface area contributed by atoms with Crippen LogP contribution >= 0.6 is 0 Å². The minimum absolute atomic E-state index is 0.105. The number of benzene rings is 1. The van der Waals surface area contributed by atoms with Gasteiger partial charge in [-0.1, -0.05) is 12.7 Å². The highest BCUT2D eigenvalue weighted by atomic mass is 16.5. The molecule has 2 N–H and O–H groups in total. The van der Waals surface area contributed by atoms with E-state index in [1.807, 2.05) is 0 Å². The number of alkyl carbamates (subject to hydrolysis) is 1. The number of hydrogen-bond donors (Lipinski definition) is 2. The Labute approximate surface area is 151 Å². The van der Waals surface area contributed by atoms with Crippen LogP contribution in [0.25, 0.3) is 0 Å². The third-order valence-electron chi connectivity index (χ3n) is 3.71. The molecule has 2 rings (SSSR count). The Morgan fingerprint density at radius 3 is 2.46 bits per heavy atom. The molecule has 26 heavy (non-hydrogen) atoms. The largest absolute Gasteiger partial charge is 0.445 e. The first-order chi connectivity index (χ1) is 12.4. The normalized spacial score (nSPS) is 12.8. The van der Waals surface area contributed by atoms with Crippen LogP contribution in [0.15, 0.2) is 30.9 Å². The number of ether oxygens (including phenoxy) is 1. The van der Waals surface area contributed by atoms with Crippen molar-refractivity contribution in [2.24, 2.45) is 0 Å². The number of rotatable bonds is 7. The van der Waals surface area contributed by atoms with Gasteiger partial charge in [0.05, 0.1) is 11.1 Å². The fourth-order valence-corrected chi connectivity index (χ4v) is 2.50. The average molecular weight is 359 g/mol. The van der Waals surface area contributed by atoms with E-state index in [9.17, 15) is 19.2 Å². The Bertz CT molecular complexity index is 757. The van der Waals surface area contributed by atoms with E-state index >= 15 is 0 Å². The van der Waals surface area contributed by atoms with Gasteiger partial charge in [0.2, 0.25) is 0 Å². The summed E-state index contributed by atoms with van der Waals surface area (Å²) < 4.78 is 4.73. The highest BCUT2D eigenvalue weighted by Gasteiger charge is 2.37. The van der Waals surface area contributed by atoms with Crippen LogP contribution in [0.5, 0.6) is 0 Å². The number of nitrogens with one attached hydrogen (secondary N) is 2. The van der Waals surface area contributed by atoms with E-state index in [0.717, 1.165) is 0 Å². The Hall–Kier alpha value is -3.16. The molecule has 0 unspecified atom stereocenters. The molecule has 1 aromatic rings. The smallest absolute Gasteiger partial charge is 0.407 e. The lowest BCUT2D eigenvalue weighted by molar-refractivity contribution is 0.0608. The summed E-state index contributed by atoms with van der Waals surface area (Å²) in [7, 11) is 0. The minimum Gasteiger partial charge on any atom is -0.445 e. The molecule has 0 saturated heterocycles. The number of amides is 4. The predicted molar refractivity (Wildman–Crippen MR) is 94.0 cm³/mol. The molecule has 8 heteroatoms. The third kappa shape index (κ3) is 4.08. The lowest BCUT2D eigenvalue weighted by Gasteiger charge is -2.17. The molecule has 0 radical (unpaired) electrons. The number of nitrogens with zero attached hydrogens (tertiary/aromatic N) is 1. The van der Waals surface area contributed by atoms with Gasteiger partial charge in [0, 0.05) is 24.7 Å². The molecule has 1 aliphatic rings. The molecule has 8 nitrogen and oxygen atoms in total. The topological polar surface area (TPSA) is 105 Å². The summed E-state index contributed by atoms with van der Waals surface area (Å²) in [5.74, 6) is -1.16. The van der Waals surface area contributed by atoms with E-state index in [0.29, 0.717) is 5.56 Å². The molecular formula is C18H21N3O5. The molecule has 0 spiro atoms. The fraction of sp³-hybridized carbons (Fsp3) is 0.333. The van der Waals surface area contributed by atoms with Crippen molar-refractivity contribution in [3.8, 4) is 0 Å². The fourth-order valence-electron chi connectivity index (χ4n) is 2.50. The predicted octanol–water partition coefficient (Wildman–Crippen LogP) is 1.33. The molecule has 0 bridgehead atoms. The van der Waals surface area contributed by atoms with E-state index in [1.165, 1.54) is 29.2 Å². The van der Waals surface area contributed by atoms with Crippen molar-refractivity contribution in [1.82, 2.24) is 15.5 Å². The standard InChI is InChI=1S/C18H21N3O5/c1-4-9-26-18(25)20-8-7-19-15(22)12-5-6-13-14(10-12)17(24)21(11(2)3)16(13)23/h4-6,10-11H,1,7-9H2,2-3H3,(H,19,22)(H,20,25). The molecule has 4 amide bonds. The summed E-state index contributed by atoms with van der Waals surface area (Å²) in [6.07, 6.45) is 0.844. The van der Waals surface area contributed by atoms with Crippen molar-refractivity contribution in [2.45, 2.75) is 19.9 Å². The summed E-state index contributed by atoms with van der Waals surface area (Å²) >= 11 is 0. The maximum absolute atomic E-state index is 12.4. The summed E-state index contributed by atoms with van der Waals surface area (Å²) in [5.41, 5.74) is 0.791. The Morgan fingerprint density at radius 1 is 1.15 bits per heavy atom. The highest BCUT2D eigenvalue weighted by molar-refractivity contribution is 6.22. The monoisotopic (exact) mass is 359 g/mol. The molecule has 138 valence electrons. The van der Waals surface area contributed by atoms with Crippen molar-refractivity contribution >= 4 is 23.8 Å². The molecule has 0 aliphatic carbocycles. The molecule has 1 aliphatic heterocycles.